The van der Waals surface area contributed by atoms with Gasteiger partial charge in [-0.2, -0.15) is 0 Å². The predicted octanol–water partition coefficient (Wildman–Crippen LogP) is 4.44. The standard InChI is InChI=1S/C17H25BrFNO/c1-3-21-17(8-4-5-12(2)11-17)16(20)9-13-6-7-14(18)10-15(13)19/h6-7,10,12,16H,3-5,8-9,11,20H2,1-2H3. The summed E-state index contributed by atoms with van der Waals surface area (Å²) < 4.78 is 20.9. The largest absolute Gasteiger partial charge is 0.374 e. The van der Waals surface area contributed by atoms with Crippen LogP contribution >= 0.6 is 15.9 Å². The Morgan fingerprint density at radius 3 is 2.90 bits per heavy atom. The van der Waals surface area contributed by atoms with E-state index in [1.54, 1.807) is 0 Å². The van der Waals surface area contributed by atoms with Gasteiger partial charge in [0.25, 0.3) is 0 Å². The van der Waals surface area contributed by atoms with E-state index in [0.717, 1.165) is 23.7 Å². The lowest BCUT2D eigenvalue weighted by atomic mass is 9.73. The fourth-order valence-corrected chi connectivity index (χ4v) is 3.85. The first-order valence-electron chi connectivity index (χ1n) is 7.80. The highest BCUT2D eigenvalue weighted by atomic mass is 79.9. The van der Waals surface area contributed by atoms with Crippen molar-refractivity contribution in [2.24, 2.45) is 11.7 Å². The summed E-state index contributed by atoms with van der Waals surface area (Å²) >= 11 is 3.29. The fourth-order valence-electron chi connectivity index (χ4n) is 3.52. The molecule has 0 saturated heterocycles. The van der Waals surface area contributed by atoms with Gasteiger partial charge >= 0.3 is 0 Å². The van der Waals surface area contributed by atoms with Gasteiger partial charge in [-0.1, -0.05) is 41.8 Å². The minimum absolute atomic E-state index is 0.170. The van der Waals surface area contributed by atoms with Crippen LogP contribution < -0.4 is 5.73 Å². The van der Waals surface area contributed by atoms with Crippen LogP contribution in [0.15, 0.2) is 22.7 Å². The Kier molecular flexibility index (Phi) is 5.81. The van der Waals surface area contributed by atoms with Crippen LogP contribution in [0.25, 0.3) is 0 Å². The molecule has 3 atom stereocenters. The Balaban J connectivity index is 2.16. The Morgan fingerprint density at radius 1 is 1.52 bits per heavy atom. The minimum atomic E-state index is -0.300. The summed E-state index contributed by atoms with van der Waals surface area (Å²) in [4.78, 5) is 0. The fraction of sp³-hybridized carbons (Fsp3) is 0.647. The second kappa shape index (κ2) is 7.21. The molecule has 0 amide bonds. The van der Waals surface area contributed by atoms with Crippen LogP contribution in [0.1, 0.15) is 45.1 Å². The maximum absolute atomic E-state index is 14.0. The zero-order chi connectivity index (χ0) is 15.5. The van der Waals surface area contributed by atoms with Gasteiger partial charge in [0.2, 0.25) is 0 Å². The lowest BCUT2D eigenvalue weighted by molar-refractivity contribution is -0.0926. The minimum Gasteiger partial charge on any atom is -0.374 e. The van der Waals surface area contributed by atoms with Crippen LogP contribution in [0.4, 0.5) is 4.39 Å². The van der Waals surface area contributed by atoms with E-state index in [2.05, 4.69) is 22.9 Å². The maximum Gasteiger partial charge on any atom is 0.127 e. The molecule has 3 unspecified atom stereocenters. The van der Waals surface area contributed by atoms with Gasteiger partial charge in [0, 0.05) is 17.1 Å². The second-order valence-electron chi connectivity index (χ2n) is 6.25. The number of hydrogen-bond donors (Lipinski definition) is 1. The van der Waals surface area contributed by atoms with Crippen molar-refractivity contribution in [2.45, 2.75) is 57.6 Å². The molecular weight excluding hydrogens is 333 g/mol. The van der Waals surface area contributed by atoms with E-state index in [1.165, 1.54) is 12.5 Å². The van der Waals surface area contributed by atoms with Crippen LogP contribution in [0.2, 0.25) is 0 Å². The Hall–Kier alpha value is -0.450. The Labute approximate surface area is 135 Å². The zero-order valence-corrected chi connectivity index (χ0v) is 14.5. The first-order chi connectivity index (χ1) is 9.97. The quantitative estimate of drug-likeness (QED) is 0.844. The highest BCUT2D eigenvalue weighted by Gasteiger charge is 2.41. The van der Waals surface area contributed by atoms with Crippen molar-refractivity contribution in [3.05, 3.63) is 34.1 Å². The van der Waals surface area contributed by atoms with E-state index in [0.29, 0.717) is 24.5 Å². The molecule has 0 spiro atoms. The zero-order valence-electron chi connectivity index (χ0n) is 12.9. The van der Waals surface area contributed by atoms with Crippen molar-refractivity contribution in [2.75, 3.05) is 6.61 Å². The van der Waals surface area contributed by atoms with Gasteiger partial charge in [-0.15, -0.1) is 0 Å². The molecule has 0 aliphatic heterocycles. The van der Waals surface area contributed by atoms with Gasteiger partial charge in [-0.3, -0.25) is 0 Å². The van der Waals surface area contributed by atoms with Crippen LogP contribution in [0, 0.1) is 11.7 Å². The second-order valence-corrected chi connectivity index (χ2v) is 7.16. The van der Waals surface area contributed by atoms with Crippen molar-refractivity contribution < 1.29 is 9.13 Å². The van der Waals surface area contributed by atoms with Crippen LogP contribution in [-0.2, 0) is 11.2 Å². The predicted molar refractivity (Wildman–Crippen MR) is 87.8 cm³/mol. The van der Waals surface area contributed by atoms with E-state index >= 15 is 0 Å². The molecule has 2 rings (SSSR count). The summed E-state index contributed by atoms with van der Waals surface area (Å²) in [5.41, 5.74) is 6.84. The van der Waals surface area contributed by atoms with Gasteiger partial charge in [0.15, 0.2) is 0 Å². The number of hydrogen-bond acceptors (Lipinski definition) is 2. The number of nitrogens with two attached hydrogens (primary N) is 1. The third-order valence-corrected chi connectivity index (χ3v) is 5.05. The summed E-state index contributed by atoms with van der Waals surface area (Å²) in [6.07, 6.45) is 4.84. The number of benzene rings is 1. The van der Waals surface area contributed by atoms with E-state index in [1.807, 2.05) is 19.1 Å². The third-order valence-electron chi connectivity index (χ3n) is 4.55. The van der Waals surface area contributed by atoms with Crippen molar-refractivity contribution >= 4 is 15.9 Å². The highest BCUT2D eigenvalue weighted by Crippen LogP contribution is 2.38. The molecule has 4 heteroatoms. The average molecular weight is 358 g/mol. The van der Waals surface area contributed by atoms with Gasteiger partial charge in [-0.05, 0) is 49.8 Å². The molecule has 1 aromatic rings. The number of rotatable bonds is 5. The highest BCUT2D eigenvalue weighted by molar-refractivity contribution is 9.10. The SMILES string of the molecule is CCOC1(C(N)Cc2ccc(Br)cc2F)CCCC(C)C1. The summed E-state index contributed by atoms with van der Waals surface area (Å²) in [6.45, 7) is 4.91. The first kappa shape index (κ1) is 16.9. The molecule has 2 nitrogen and oxygen atoms in total. The molecule has 1 aromatic carbocycles. The molecule has 1 aliphatic rings. The summed E-state index contributed by atoms with van der Waals surface area (Å²) in [6, 6.07) is 5.00. The van der Waals surface area contributed by atoms with E-state index in [4.69, 9.17) is 10.5 Å². The van der Waals surface area contributed by atoms with E-state index in [-0.39, 0.29) is 17.5 Å². The molecule has 0 heterocycles. The normalized spacial score (nSPS) is 27.6. The molecule has 0 radical (unpaired) electrons. The van der Waals surface area contributed by atoms with Crippen LogP contribution in [-0.4, -0.2) is 18.2 Å². The molecule has 0 bridgehead atoms. The molecule has 0 aromatic heterocycles. The molecule has 118 valence electrons. The lowest BCUT2D eigenvalue weighted by Crippen LogP contribution is -2.53. The van der Waals surface area contributed by atoms with Crippen LogP contribution in [0.5, 0.6) is 0 Å². The molecule has 21 heavy (non-hydrogen) atoms. The molecule has 1 fully saturated rings. The molecule has 1 saturated carbocycles. The Bertz CT molecular complexity index is 478. The molecule has 1 aliphatic carbocycles. The van der Waals surface area contributed by atoms with Gasteiger partial charge in [0.1, 0.15) is 5.82 Å². The maximum atomic E-state index is 14.0. The summed E-state index contributed by atoms with van der Waals surface area (Å²) in [5, 5.41) is 0. The van der Waals surface area contributed by atoms with Gasteiger partial charge < -0.3 is 10.5 Å². The van der Waals surface area contributed by atoms with Crippen molar-refractivity contribution in [3.63, 3.8) is 0 Å². The van der Waals surface area contributed by atoms with Crippen LogP contribution in [0.3, 0.4) is 0 Å². The number of halogens is 2. The summed E-state index contributed by atoms with van der Waals surface area (Å²) in [7, 11) is 0. The molecule has 2 N–H and O–H groups in total. The third kappa shape index (κ3) is 4.05. The Morgan fingerprint density at radius 2 is 2.29 bits per heavy atom. The van der Waals surface area contributed by atoms with E-state index in [9.17, 15) is 4.39 Å². The van der Waals surface area contributed by atoms with Crippen molar-refractivity contribution in [1.29, 1.82) is 0 Å². The topological polar surface area (TPSA) is 35.2 Å². The van der Waals surface area contributed by atoms with Crippen molar-refractivity contribution in [3.8, 4) is 0 Å². The molecular formula is C17H25BrFNO. The number of ether oxygens (including phenoxy) is 1. The monoisotopic (exact) mass is 357 g/mol. The van der Waals surface area contributed by atoms with Gasteiger partial charge in [0.05, 0.1) is 5.60 Å². The first-order valence-corrected chi connectivity index (χ1v) is 8.59. The smallest absolute Gasteiger partial charge is 0.127 e. The van der Waals surface area contributed by atoms with Gasteiger partial charge in [-0.25, -0.2) is 4.39 Å². The van der Waals surface area contributed by atoms with E-state index < -0.39 is 0 Å². The average Bonchev–Trinajstić information content (AvgIpc) is 2.42. The summed E-state index contributed by atoms with van der Waals surface area (Å²) in [5.74, 6) is 0.418. The van der Waals surface area contributed by atoms with Crippen molar-refractivity contribution in [1.82, 2.24) is 0 Å². The lowest BCUT2D eigenvalue weighted by Gasteiger charge is -2.44.